The van der Waals surface area contributed by atoms with Gasteiger partial charge in [0.1, 0.15) is 25.2 Å². The SMILES string of the molecule is CCCCCCCC/C=C/CCCCCCCC(=O)OC(COC(=O)CCCCCCCCCCCCCCCCC)COP(=O)([O-])OCC([NH3+])C(=O)[O-].[Na+]. The summed E-state index contributed by atoms with van der Waals surface area (Å²) < 4.78 is 32.3. The van der Waals surface area contributed by atoms with Crippen LogP contribution in [0, 0.1) is 0 Å². The Balaban J connectivity index is 0. The van der Waals surface area contributed by atoms with Crippen LogP contribution in [0.5, 0.6) is 0 Å². The number of quaternary nitrogens is 1. The third kappa shape index (κ3) is 41.2. The molecule has 3 N–H and O–H groups in total. The van der Waals surface area contributed by atoms with Gasteiger partial charge in [-0.2, -0.15) is 0 Å². The standard InChI is InChI=1S/C42H80NO10P.Na/c1-3-5-7-9-11-13-15-17-19-21-23-25-27-29-31-33-40(44)50-35-38(36-51-54(48,49)52-37-39(43)42(46)47)53-41(45)34-32-30-28-26-24-22-20-18-16-14-12-10-8-6-4-2;/h18,20,38-39H,3-17,19,21-37,43H2,1-2H3,(H,46,47)(H,48,49);/q;+1/p-1/b20-18+;. The van der Waals surface area contributed by atoms with Crippen LogP contribution in [0.25, 0.3) is 0 Å². The molecule has 318 valence electrons. The molecule has 0 aliphatic carbocycles. The number of phosphoric acid groups is 1. The van der Waals surface area contributed by atoms with Crippen molar-refractivity contribution in [3.05, 3.63) is 12.2 Å². The summed E-state index contributed by atoms with van der Waals surface area (Å²) in [5.41, 5.74) is 3.24. The predicted octanol–water partition coefficient (Wildman–Crippen LogP) is 5.61. The number of esters is 2. The topological polar surface area (TPSA) is 179 Å². The van der Waals surface area contributed by atoms with Gasteiger partial charge in [0.15, 0.2) is 6.10 Å². The van der Waals surface area contributed by atoms with Gasteiger partial charge in [0.2, 0.25) is 0 Å². The van der Waals surface area contributed by atoms with Crippen molar-refractivity contribution in [3.8, 4) is 0 Å². The van der Waals surface area contributed by atoms with Gasteiger partial charge in [-0.15, -0.1) is 0 Å². The number of phosphoric ester groups is 1. The number of rotatable bonds is 41. The van der Waals surface area contributed by atoms with Gasteiger partial charge in [0.25, 0.3) is 7.82 Å². The van der Waals surface area contributed by atoms with Gasteiger partial charge in [-0.05, 0) is 38.5 Å². The van der Waals surface area contributed by atoms with Crippen molar-refractivity contribution in [2.45, 2.75) is 219 Å². The molecule has 0 heterocycles. The molecule has 0 saturated heterocycles. The van der Waals surface area contributed by atoms with E-state index in [1.54, 1.807) is 0 Å². The van der Waals surface area contributed by atoms with Gasteiger partial charge in [-0.25, -0.2) is 0 Å². The van der Waals surface area contributed by atoms with Gasteiger partial charge in [0.05, 0.1) is 6.61 Å². The van der Waals surface area contributed by atoms with Crippen molar-refractivity contribution in [1.29, 1.82) is 0 Å². The summed E-state index contributed by atoms with van der Waals surface area (Å²) in [4.78, 5) is 48.0. The Hall–Kier alpha value is -0.780. The van der Waals surface area contributed by atoms with Crippen LogP contribution in [0.15, 0.2) is 12.2 Å². The van der Waals surface area contributed by atoms with Crippen molar-refractivity contribution in [1.82, 2.24) is 0 Å². The van der Waals surface area contributed by atoms with Gasteiger partial charge >= 0.3 is 41.5 Å². The number of carboxylic acid groups (broad SMARTS) is 1. The average molecular weight is 812 g/mol. The molecule has 0 fully saturated rings. The van der Waals surface area contributed by atoms with E-state index < -0.39 is 51.1 Å². The van der Waals surface area contributed by atoms with Crippen molar-refractivity contribution in [2.24, 2.45) is 0 Å². The van der Waals surface area contributed by atoms with Crippen molar-refractivity contribution in [2.75, 3.05) is 19.8 Å². The van der Waals surface area contributed by atoms with Gasteiger partial charge in [0, 0.05) is 12.8 Å². The maximum atomic E-state index is 12.6. The number of carbonyl (C=O) groups is 3. The molecule has 0 spiro atoms. The molecular weight excluding hydrogens is 732 g/mol. The Kier molecular flexibility index (Phi) is 42.4. The zero-order valence-electron chi connectivity index (χ0n) is 35.4. The Bertz CT molecular complexity index is 986. The van der Waals surface area contributed by atoms with Crippen LogP contribution in [0.3, 0.4) is 0 Å². The second-order valence-corrected chi connectivity index (χ2v) is 16.3. The third-order valence-electron chi connectivity index (χ3n) is 9.54. The van der Waals surface area contributed by atoms with Crippen LogP contribution in [0.1, 0.15) is 206 Å². The minimum atomic E-state index is -4.95. The molecule has 0 aliphatic heterocycles. The molecule has 3 atom stereocenters. The van der Waals surface area contributed by atoms with Crippen LogP contribution in [0.4, 0.5) is 0 Å². The third-order valence-corrected chi connectivity index (χ3v) is 10.5. The second-order valence-electron chi connectivity index (χ2n) is 14.9. The summed E-state index contributed by atoms with van der Waals surface area (Å²) in [7, 11) is -4.95. The van der Waals surface area contributed by atoms with Crippen LogP contribution in [-0.4, -0.2) is 49.9 Å². The van der Waals surface area contributed by atoms with E-state index in [4.69, 9.17) is 14.0 Å². The van der Waals surface area contributed by atoms with Crippen molar-refractivity contribution in [3.63, 3.8) is 0 Å². The molecule has 0 aromatic heterocycles. The monoisotopic (exact) mass is 812 g/mol. The summed E-state index contributed by atoms with van der Waals surface area (Å²) in [6.45, 7) is 2.71. The van der Waals surface area contributed by atoms with E-state index >= 15 is 0 Å². The minimum Gasteiger partial charge on any atom is -0.756 e. The average Bonchev–Trinajstić information content (AvgIpc) is 3.14. The van der Waals surface area contributed by atoms with E-state index in [9.17, 15) is 28.9 Å². The van der Waals surface area contributed by atoms with E-state index in [-0.39, 0.29) is 49.0 Å². The van der Waals surface area contributed by atoms with Gasteiger partial charge < -0.3 is 39.0 Å². The first kappa shape index (κ1) is 56.3. The minimum absolute atomic E-state index is 0. The fourth-order valence-corrected chi connectivity index (χ4v) is 6.85. The summed E-state index contributed by atoms with van der Waals surface area (Å²) in [5, 5.41) is 10.8. The maximum Gasteiger partial charge on any atom is 1.00 e. The first-order chi connectivity index (χ1) is 26.1. The summed E-state index contributed by atoms with van der Waals surface area (Å²) in [6, 6.07) is -1.42. The number of aliphatic carboxylic acids is 1. The molecule has 0 bridgehead atoms. The molecule has 13 heteroatoms. The van der Waals surface area contributed by atoms with Crippen LogP contribution in [0.2, 0.25) is 0 Å². The molecule has 55 heavy (non-hydrogen) atoms. The number of hydrogen-bond donors (Lipinski definition) is 1. The Labute approximate surface area is 357 Å². The molecule has 0 amide bonds. The first-order valence-electron chi connectivity index (χ1n) is 21.7. The van der Waals surface area contributed by atoms with Crippen LogP contribution >= 0.6 is 7.82 Å². The maximum absolute atomic E-state index is 12.6. The Morgan fingerprint density at radius 2 is 0.927 bits per heavy atom. The van der Waals surface area contributed by atoms with Crippen molar-refractivity contribution < 1.29 is 82.8 Å². The smallest absolute Gasteiger partial charge is 0.756 e. The Morgan fingerprint density at radius 1 is 0.564 bits per heavy atom. The summed E-state index contributed by atoms with van der Waals surface area (Å²) in [6.07, 6.45) is 36.8. The van der Waals surface area contributed by atoms with E-state index in [0.29, 0.717) is 12.8 Å². The van der Waals surface area contributed by atoms with Gasteiger partial charge in [-0.1, -0.05) is 167 Å². The zero-order valence-corrected chi connectivity index (χ0v) is 38.3. The summed E-state index contributed by atoms with van der Waals surface area (Å²) >= 11 is 0. The molecule has 11 nitrogen and oxygen atoms in total. The number of carbonyl (C=O) groups excluding carboxylic acids is 3. The molecule has 3 unspecified atom stereocenters. The fraction of sp³-hybridized carbons (Fsp3) is 0.881. The molecule has 0 saturated carbocycles. The summed E-state index contributed by atoms with van der Waals surface area (Å²) in [5.74, 6) is -2.58. The van der Waals surface area contributed by atoms with Gasteiger partial charge in [-0.3, -0.25) is 14.2 Å². The number of carboxylic acids is 1. The Morgan fingerprint density at radius 3 is 1.35 bits per heavy atom. The second kappa shape index (κ2) is 41.4. The molecule has 0 aromatic rings. The van der Waals surface area contributed by atoms with Crippen LogP contribution in [-0.2, 0) is 37.5 Å². The van der Waals surface area contributed by atoms with E-state index in [1.165, 1.54) is 109 Å². The van der Waals surface area contributed by atoms with E-state index in [0.717, 1.165) is 57.8 Å². The molecular formula is C42H79NNaO10P. The quantitative estimate of drug-likeness (QED) is 0.0269. The first-order valence-corrected chi connectivity index (χ1v) is 23.2. The number of hydrogen-bond acceptors (Lipinski definition) is 10. The molecule has 0 rings (SSSR count). The predicted molar refractivity (Wildman–Crippen MR) is 211 cm³/mol. The molecule has 0 radical (unpaired) electrons. The largest absolute Gasteiger partial charge is 1.00 e. The fourth-order valence-electron chi connectivity index (χ4n) is 6.06. The number of unbranched alkanes of at least 4 members (excludes halogenated alkanes) is 25. The van der Waals surface area contributed by atoms with Crippen molar-refractivity contribution >= 4 is 25.7 Å². The number of allylic oxidation sites excluding steroid dienone is 2. The van der Waals surface area contributed by atoms with E-state index in [2.05, 4.69) is 36.3 Å². The molecule has 0 aromatic carbocycles. The zero-order chi connectivity index (χ0) is 40.0. The number of ether oxygens (including phenoxy) is 2. The molecule has 0 aliphatic rings. The normalized spacial score (nSPS) is 13.6. The van der Waals surface area contributed by atoms with Crippen LogP contribution < -0.4 is 45.3 Å². The van der Waals surface area contributed by atoms with E-state index in [1.807, 2.05) is 0 Å².